The second kappa shape index (κ2) is 7.01. The van der Waals surface area contributed by atoms with E-state index in [2.05, 4.69) is 20.3 Å². The van der Waals surface area contributed by atoms with Gasteiger partial charge in [-0.1, -0.05) is 6.07 Å². The van der Waals surface area contributed by atoms with Crippen molar-refractivity contribution in [3.63, 3.8) is 0 Å². The van der Waals surface area contributed by atoms with Crippen molar-refractivity contribution in [2.75, 3.05) is 24.6 Å². The highest BCUT2D eigenvalue weighted by Crippen LogP contribution is 2.28. The Morgan fingerprint density at radius 3 is 2.81 bits per heavy atom. The zero-order valence-electron chi connectivity index (χ0n) is 14.3. The fourth-order valence-electron chi connectivity index (χ4n) is 3.17. The lowest BCUT2D eigenvalue weighted by molar-refractivity contribution is -0.146. The minimum Gasteiger partial charge on any atom is -0.477 e. The number of hydrogen-bond donors (Lipinski definition) is 0. The number of nitrogens with zero attached hydrogens (tertiary/aromatic N) is 6. The van der Waals surface area contributed by atoms with Crippen LogP contribution in [-0.4, -0.2) is 44.5 Å². The number of fused-ring (bicyclic) bond motifs is 1. The number of alkyl halides is 3. The lowest BCUT2D eigenvalue weighted by Crippen LogP contribution is -2.38. The predicted octanol–water partition coefficient (Wildman–Crippen LogP) is 2.83. The van der Waals surface area contributed by atoms with Gasteiger partial charge in [0.15, 0.2) is 5.65 Å². The molecule has 0 amide bonds. The molecule has 3 aromatic rings. The molecule has 4 rings (SSSR count). The average Bonchev–Trinajstić information content (AvgIpc) is 3.11. The van der Waals surface area contributed by atoms with E-state index in [4.69, 9.17) is 4.74 Å². The Morgan fingerprint density at radius 1 is 1.15 bits per heavy atom. The van der Waals surface area contributed by atoms with Gasteiger partial charge >= 0.3 is 6.18 Å². The van der Waals surface area contributed by atoms with Crippen LogP contribution in [0.25, 0.3) is 5.65 Å². The van der Waals surface area contributed by atoms with Gasteiger partial charge in [0.2, 0.25) is 5.88 Å². The first-order chi connectivity index (χ1) is 13.0. The van der Waals surface area contributed by atoms with E-state index in [1.54, 1.807) is 18.3 Å². The summed E-state index contributed by atoms with van der Waals surface area (Å²) in [6, 6.07) is 8.63. The molecule has 0 aromatic carbocycles. The molecule has 0 N–H and O–H groups in total. The summed E-state index contributed by atoms with van der Waals surface area (Å²) in [5.74, 6) is 0.149. The molecule has 3 aromatic heterocycles. The number of pyridine rings is 1. The molecular formula is C17H17F3N6O. The van der Waals surface area contributed by atoms with E-state index in [9.17, 15) is 13.2 Å². The highest BCUT2D eigenvalue weighted by atomic mass is 19.4. The Morgan fingerprint density at radius 2 is 2.04 bits per heavy atom. The monoisotopic (exact) mass is 378 g/mol. The predicted molar refractivity (Wildman–Crippen MR) is 90.5 cm³/mol. The average molecular weight is 378 g/mol. The maximum absolute atomic E-state index is 13.0. The first kappa shape index (κ1) is 17.5. The van der Waals surface area contributed by atoms with E-state index in [-0.39, 0.29) is 11.6 Å². The summed E-state index contributed by atoms with van der Waals surface area (Å²) in [4.78, 5) is 6.10. The first-order valence-corrected chi connectivity index (χ1v) is 8.59. The number of piperidine rings is 1. The van der Waals surface area contributed by atoms with Crippen LogP contribution in [0.2, 0.25) is 0 Å². The Balaban J connectivity index is 1.49. The summed E-state index contributed by atoms with van der Waals surface area (Å²) in [5.41, 5.74) is 0.0677. The van der Waals surface area contributed by atoms with Gasteiger partial charge in [0.05, 0.1) is 6.61 Å². The minimum atomic E-state index is -4.61. The molecule has 7 nitrogen and oxygen atoms in total. The van der Waals surface area contributed by atoms with Crippen LogP contribution in [0.3, 0.4) is 0 Å². The molecule has 0 saturated carbocycles. The minimum absolute atomic E-state index is 0.0677. The molecule has 27 heavy (non-hydrogen) atoms. The molecule has 0 radical (unpaired) electrons. The summed E-state index contributed by atoms with van der Waals surface area (Å²) >= 11 is 0. The van der Waals surface area contributed by atoms with Crippen LogP contribution in [0.4, 0.5) is 19.0 Å². The lowest BCUT2D eigenvalue weighted by Gasteiger charge is -2.33. The van der Waals surface area contributed by atoms with Gasteiger partial charge in [-0.2, -0.15) is 17.7 Å². The molecule has 0 aliphatic carbocycles. The van der Waals surface area contributed by atoms with Crippen molar-refractivity contribution in [1.82, 2.24) is 24.8 Å². The van der Waals surface area contributed by atoms with Gasteiger partial charge in [0.1, 0.15) is 5.82 Å². The molecule has 142 valence electrons. The molecule has 4 heterocycles. The fourth-order valence-corrected chi connectivity index (χ4v) is 3.17. The molecule has 1 aliphatic heterocycles. The number of hydrogen-bond acceptors (Lipinski definition) is 6. The Kier molecular flexibility index (Phi) is 4.54. The van der Waals surface area contributed by atoms with E-state index >= 15 is 0 Å². The van der Waals surface area contributed by atoms with Gasteiger partial charge in [-0.25, -0.2) is 4.98 Å². The van der Waals surface area contributed by atoms with Crippen molar-refractivity contribution in [2.45, 2.75) is 19.0 Å². The molecular weight excluding hydrogens is 361 g/mol. The molecule has 1 aliphatic rings. The maximum atomic E-state index is 13.0. The number of rotatable bonds is 4. The molecule has 1 unspecified atom stereocenters. The van der Waals surface area contributed by atoms with Crippen LogP contribution >= 0.6 is 0 Å². The summed E-state index contributed by atoms with van der Waals surface area (Å²) in [5, 5.41) is 10.9. The van der Waals surface area contributed by atoms with Crippen molar-refractivity contribution in [3.05, 3.63) is 42.4 Å². The van der Waals surface area contributed by atoms with Crippen LogP contribution in [-0.2, 0) is 6.18 Å². The van der Waals surface area contributed by atoms with E-state index < -0.39 is 12.0 Å². The second-order valence-electron chi connectivity index (χ2n) is 6.42. The molecule has 1 fully saturated rings. The standard InChI is InChI=1S/C17H17F3N6O/c18-17(19,20)16-23-22-13-6-7-14(24-26(13)16)25-9-3-4-12(10-25)11-27-15-5-1-2-8-21-15/h1-2,5-8,12H,3-4,9-11H2. The molecule has 0 bridgehead atoms. The maximum Gasteiger partial charge on any atom is 0.453 e. The molecule has 10 heteroatoms. The van der Waals surface area contributed by atoms with Gasteiger partial charge < -0.3 is 9.64 Å². The molecule has 0 spiro atoms. The zero-order valence-corrected chi connectivity index (χ0v) is 14.3. The van der Waals surface area contributed by atoms with Gasteiger partial charge in [0, 0.05) is 31.3 Å². The number of aromatic nitrogens is 5. The topological polar surface area (TPSA) is 68.4 Å². The van der Waals surface area contributed by atoms with Gasteiger partial charge in [-0.05, 0) is 31.0 Å². The lowest BCUT2D eigenvalue weighted by atomic mass is 9.99. The van der Waals surface area contributed by atoms with E-state index in [1.165, 1.54) is 6.07 Å². The molecule has 1 atom stereocenters. The highest BCUT2D eigenvalue weighted by molar-refractivity contribution is 5.46. The Bertz CT molecular complexity index is 914. The summed E-state index contributed by atoms with van der Waals surface area (Å²) in [7, 11) is 0. The van der Waals surface area contributed by atoms with Crippen molar-refractivity contribution in [1.29, 1.82) is 0 Å². The third kappa shape index (κ3) is 3.79. The van der Waals surface area contributed by atoms with Crippen LogP contribution in [0.1, 0.15) is 18.7 Å². The van der Waals surface area contributed by atoms with Crippen LogP contribution < -0.4 is 9.64 Å². The summed E-state index contributed by atoms with van der Waals surface area (Å²) in [6.45, 7) is 1.87. The first-order valence-electron chi connectivity index (χ1n) is 8.59. The normalized spacial score (nSPS) is 18.0. The Hall–Kier alpha value is -2.91. The number of ether oxygens (including phenoxy) is 1. The van der Waals surface area contributed by atoms with E-state index in [1.807, 2.05) is 17.0 Å². The number of halogens is 3. The smallest absolute Gasteiger partial charge is 0.453 e. The Labute approximate surface area is 152 Å². The summed E-state index contributed by atoms with van der Waals surface area (Å²) in [6.07, 6.45) is -1.05. The third-order valence-electron chi connectivity index (χ3n) is 4.45. The van der Waals surface area contributed by atoms with Crippen molar-refractivity contribution in [2.24, 2.45) is 5.92 Å². The summed E-state index contributed by atoms with van der Waals surface area (Å²) < 4.78 is 45.6. The van der Waals surface area contributed by atoms with Crippen molar-refractivity contribution in [3.8, 4) is 5.88 Å². The zero-order chi connectivity index (χ0) is 18.9. The van der Waals surface area contributed by atoms with Crippen LogP contribution in [0, 0.1) is 5.92 Å². The largest absolute Gasteiger partial charge is 0.477 e. The van der Waals surface area contributed by atoms with Crippen molar-refractivity contribution < 1.29 is 17.9 Å². The second-order valence-corrected chi connectivity index (χ2v) is 6.42. The van der Waals surface area contributed by atoms with Crippen molar-refractivity contribution >= 4 is 11.5 Å². The third-order valence-corrected chi connectivity index (χ3v) is 4.45. The highest BCUT2D eigenvalue weighted by Gasteiger charge is 2.38. The van der Waals surface area contributed by atoms with Gasteiger partial charge in [0.25, 0.3) is 5.82 Å². The van der Waals surface area contributed by atoms with Crippen LogP contribution in [0.15, 0.2) is 36.5 Å². The fraction of sp³-hybridized carbons (Fsp3) is 0.412. The van der Waals surface area contributed by atoms with Gasteiger partial charge in [-0.15, -0.1) is 15.3 Å². The van der Waals surface area contributed by atoms with Crippen LogP contribution in [0.5, 0.6) is 5.88 Å². The molecule has 1 saturated heterocycles. The quantitative estimate of drug-likeness (QED) is 0.696. The SMILES string of the molecule is FC(F)(F)c1nnc2ccc(N3CCCC(COc4ccccn4)C3)nn12. The van der Waals surface area contributed by atoms with Gasteiger partial charge in [-0.3, -0.25) is 0 Å². The van der Waals surface area contributed by atoms with E-state index in [0.717, 1.165) is 23.9 Å². The van der Waals surface area contributed by atoms with E-state index in [0.29, 0.717) is 24.8 Å². The number of anilines is 1.